The summed E-state index contributed by atoms with van der Waals surface area (Å²) >= 11 is 4.09. The standard InChI is InChI=1S/C21H29BrO3/c1-12(23)15-6-7-16-17-5-4-13-10-14(24)8-9-20(13,3)21(17,22)18(25)11-19(15,16)2/h10,15-18,25H,4-9,11H2,1-3H3. The predicted octanol–water partition coefficient (Wildman–Crippen LogP) is 4.21. The van der Waals surface area contributed by atoms with E-state index in [1.165, 1.54) is 5.57 Å². The van der Waals surface area contributed by atoms with Gasteiger partial charge in [-0.25, -0.2) is 0 Å². The molecule has 4 heteroatoms. The van der Waals surface area contributed by atoms with Crippen LogP contribution in [0.1, 0.15) is 65.7 Å². The molecule has 7 unspecified atom stereocenters. The largest absolute Gasteiger partial charge is 0.392 e. The zero-order valence-electron chi connectivity index (χ0n) is 15.5. The van der Waals surface area contributed by atoms with Gasteiger partial charge in [0.2, 0.25) is 0 Å². The van der Waals surface area contributed by atoms with Crippen LogP contribution in [0.15, 0.2) is 11.6 Å². The second-order valence-electron chi connectivity index (χ2n) is 9.45. The van der Waals surface area contributed by atoms with Crippen LogP contribution in [0.2, 0.25) is 0 Å². The van der Waals surface area contributed by atoms with Crippen LogP contribution in [-0.4, -0.2) is 27.1 Å². The highest BCUT2D eigenvalue weighted by Crippen LogP contribution is 2.70. The van der Waals surface area contributed by atoms with Gasteiger partial charge in [0.15, 0.2) is 5.78 Å². The normalized spacial score (nSPS) is 52.0. The van der Waals surface area contributed by atoms with Crippen LogP contribution in [0.4, 0.5) is 0 Å². The number of fused-ring (bicyclic) bond motifs is 5. The Hall–Kier alpha value is -0.480. The lowest BCUT2D eigenvalue weighted by atomic mass is 9.45. The van der Waals surface area contributed by atoms with Crippen molar-refractivity contribution < 1.29 is 14.7 Å². The van der Waals surface area contributed by atoms with E-state index in [-0.39, 0.29) is 32.6 Å². The fraction of sp³-hybridized carbons (Fsp3) is 0.810. The molecule has 4 aliphatic rings. The number of halogens is 1. The monoisotopic (exact) mass is 408 g/mol. The molecule has 3 saturated carbocycles. The fourth-order valence-corrected chi connectivity index (χ4v) is 8.40. The van der Waals surface area contributed by atoms with Crippen molar-refractivity contribution in [2.24, 2.45) is 28.6 Å². The third-order valence-corrected chi connectivity index (χ3v) is 10.5. The van der Waals surface area contributed by atoms with Gasteiger partial charge >= 0.3 is 0 Å². The van der Waals surface area contributed by atoms with Crippen LogP contribution < -0.4 is 0 Å². The van der Waals surface area contributed by atoms with Gasteiger partial charge in [-0.05, 0) is 68.8 Å². The summed E-state index contributed by atoms with van der Waals surface area (Å²) in [5, 5.41) is 11.4. The number of rotatable bonds is 1. The fourth-order valence-electron chi connectivity index (χ4n) is 7.24. The number of hydrogen-bond donors (Lipinski definition) is 1. The van der Waals surface area contributed by atoms with Gasteiger partial charge in [-0.15, -0.1) is 0 Å². The molecule has 3 nitrogen and oxygen atoms in total. The lowest BCUT2D eigenvalue weighted by molar-refractivity contribution is -0.135. The Morgan fingerprint density at radius 3 is 2.60 bits per heavy atom. The molecule has 0 aromatic rings. The van der Waals surface area contributed by atoms with E-state index in [0.717, 1.165) is 32.1 Å². The zero-order valence-corrected chi connectivity index (χ0v) is 17.1. The topological polar surface area (TPSA) is 54.4 Å². The summed E-state index contributed by atoms with van der Waals surface area (Å²) in [6.45, 7) is 6.20. The average molecular weight is 409 g/mol. The van der Waals surface area contributed by atoms with E-state index in [0.29, 0.717) is 24.7 Å². The highest BCUT2D eigenvalue weighted by molar-refractivity contribution is 9.10. The Balaban J connectivity index is 1.79. The highest BCUT2D eigenvalue weighted by Gasteiger charge is 2.69. The Bertz CT molecular complexity index is 670. The van der Waals surface area contributed by atoms with Gasteiger partial charge < -0.3 is 5.11 Å². The van der Waals surface area contributed by atoms with Gasteiger partial charge in [0.05, 0.1) is 10.4 Å². The second-order valence-corrected chi connectivity index (χ2v) is 10.8. The van der Waals surface area contributed by atoms with Crippen LogP contribution in [0.25, 0.3) is 0 Å². The number of allylic oxidation sites excluding steroid dienone is 1. The minimum Gasteiger partial charge on any atom is -0.392 e. The number of aliphatic hydroxyl groups is 1. The molecule has 0 aromatic heterocycles. The average Bonchev–Trinajstić information content (AvgIpc) is 2.87. The minimum atomic E-state index is -0.486. The van der Waals surface area contributed by atoms with Crippen molar-refractivity contribution in [2.75, 3.05) is 0 Å². The highest BCUT2D eigenvalue weighted by atomic mass is 79.9. The molecule has 4 aliphatic carbocycles. The smallest absolute Gasteiger partial charge is 0.155 e. The third-order valence-electron chi connectivity index (χ3n) is 8.53. The first kappa shape index (κ1) is 17.9. The number of carbonyl (C=O) groups is 2. The first-order chi connectivity index (χ1) is 11.6. The maximum absolute atomic E-state index is 12.2. The summed E-state index contributed by atoms with van der Waals surface area (Å²) in [5.41, 5.74) is 0.967. The quantitative estimate of drug-likeness (QED) is 0.660. The predicted molar refractivity (Wildman–Crippen MR) is 100 cm³/mol. The van der Waals surface area contributed by atoms with Crippen LogP contribution in [-0.2, 0) is 9.59 Å². The molecule has 4 rings (SSSR count). The van der Waals surface area contributed by atoms with Crippen LogP contribution in [0.5, 0.6) is 0 Å². The maximum atomic E-state index is 12.2. The number of ketones is 2. The molecule has 1 N–H and O–H groups in total. The molecule has 0 spiro atoms. The van der Waals surface area contributed by atoms with Gasteiger partial charge in [-0.1, -0.05) is 35.4 Å². The molecule has 0 amide bonds. The Morgan fingerprint density at radius 2 is 1.92 bits per heavy atom. The van der Waals surface area contributed by atoms with Crippen molar-refractivity contribution in [3.63, 3.8) is 0 Å². The summed E-state index contributed by atoms with van der Waals surface area (Å²) in [6.07, 6.45) is 7.44. The van der Waals surface area contributed by atoms with Crippen LogP contribution in [0.3, 0.4) is 0 Å². The van der Waals surface area contributed by atoms with Crippen molar-refractivity contribution in [2.45, 2.75) is 76.1 Å². The number of alkyl halides is 1. The maximum Gasteiger partial charge on any atom is 0.155 e. The SMILES string of the molecule is CC(=O)C1CCC2C3CCC4=CC(=O)CCC4(C)C3(Br)C(O)CC12C. The first-order valence-electron chi connectivity index (χ1n) is 9.76. The molecular weight excluding hydrogens is 380 g/mol. The number of aliphatic hydroxyl groups excluding tert-OH is 1. The van der Waals surface area contributed by atoms with E-state index < -0.39 is 6.10 Å². The molecule has 0 aromatic carbocycles. The van der Waals surface area contributed by atoms with Crippen molar-refractivity contribution in [3.8, 4) is 0 Å². The molecule has 0 bridgehead atoms. The second kappa shape index (κ2) is 5.51. The summed E-state index contributed by atoms with van der Waals surface area (Å²) in [5.74, 6) is 1.43. The molecule has 138 valence electrons. The van der Waals surface area contributed by atoms with Crippen LogP contribution >= 0.6 is 15.9 Å². The molecule has 3 fully saturated rings. The zero-order chi connectivity index (χ0) is 18.2. The molecule has 0 radical (unpaired) electrons. The van der Waals surface area contributed by atoms with Crippen molar-refractivity contribution in [1.29, 1.82) is 0 Å². The van der Waals surface area contributed by atoms with Gasteiger partial charge in [-0.2, -0.15) is 0 Å². The van der Waals surface area contributed by atoms with E-state index in [1.54, 1.807) is 6.92 Å². The van der Waals surface area contributed by atoms with Gasteiger partial charge in [-0.3, -0.25) is 9.59 Å². The Labute approximate surface area is 158 Å². The van der Waals surface area contributed by atoms with Crippen LogP contribution in [0, 0.1) is 28.6 Å². The lowest BCUT2D eigenvalue weighted by Gasteiger charge is -2.64. The van der Waals surface area contributed by atoms with E-state index in [1.807, 2.05) is 6.08 Å². The number of hydrogen-bond acceptors (Lipinski definition) is 3. The summed E-state index contributed by atoms with van der Waals surface area (Å²) in [6, 6.07) is 0. The summed E-state index contributed by atoms with van der Waals surface area (Å²) in [7, 11) is 0. The van der Waals surface area contributed by atoms with Crippen molar-refractivity contribution in [1.82, 2.24) is 0 Å². The van der Waals surface area contributed by atoms with Gasteiger partial charge in [0, 0.05) is 17.8 Å². The lowest BCUT2D eigenvalue weighted by Crippen LogP contribution is -2.66. The van der Waals surface area contributed by atoms with Gasteiger partial charge in [0.25, 0.3) is 0 Å². The first-order valence-corrected chi connectivity index (χ1v) is 10.5. The number of Topliss-reactive ketones (excluding diaryl/α,β-unsaturated/α-hetero) is 1. The molecule has 0 saturated heterocycles. The third kappa shape index (κ3) is 2.13. The van der Waals surface area contributed by atoms with E-state index in [4.69, 9.17) is 0 Å². The molecule has 7 atom stereocenters. The van der Waals surface area contributed by atoms with Crippen molar-refractivity contribution >= 4 is 27.5 Å². The van der Waals surface area contributed by atoms with Gasteiger partial charge in [0.1, 0.15) is 5.78 Å². The Morgan fingerprint density at radius 1 is 1.20 bits per heavy atom. The molecule has 0 heterocycles. The minimum absolute atomic E-state index is 0.0851. The van der Waals surface area contributed by atoms with Crippen molar-refractivity contribution in [3.05, 3.63) is 11.6 Å². The Kier molecular flexibility index (Phi) is 3.95. The molecular formula is C21H29BrO3. The van der Waals surface area contributed by atoms with E-state index >= 15 is 0 Å². The van der Waals surface area contributed by atoms with E-state index in [2.05, 4.69) is 29.8 Å². The number of carbonyl (C=O) groups excluding carboxylic acids is 2. The molecule has 25 heavy (non-hydrogen) atoms. The molecule has 0 aliphatic heterocycles. The summed E-state index contributed by atoms with van der Waals surface area (Å²) in [4.78, 5) is 24.2. The van der Waals surface area contributed by atoms with E-state index in [9.17, 15) is 14.7 Å². The summed E-state index contributed by atoms with van der Waals surface area (Å²) < 4.78 is -0.374.